The molecule has 1 heterocycles. The Kier molecular flexibility index (Phi) is 2.22. The molecule has 9 heavy (non-hydrogen) atoms. The summed E-state index contributed by atoms with van der Waals surface area (Å²) in [6.07, 6.45) is 1.45. The Morgan fingerprint density at radius 1 is 1.56 bits per heavy atom. The molecule has 50 valence electrons. The van der Waals surface area contributed by atoms with E-state index in [1.165, 1.54) is 6.20 Å². The molecule has 0 aliphatic carbocycles. The second-order valence-electron chi connectivity index (χ2n) is 1.42. The van der Waals surface area contributed by atoms with E-state index in [9.17, 15) is 0 Å². The van der Waals surface area contributed by atoms with Gasteiger partial charge >= 0.3 is 0 Å². The minimum absolute atomic E-state index is 0.441. The Morgan fingerprint density at radius 3 is 2.44 bits per heavy atom. The summed E-state index contributed by atoms with van der Waals surface area (Å²) in [5.74, 6) is 0.475. The fraction of sp³-hybridized carbons (Fsp3) is 0.250. The predicted molar refractivity (Wildman–Crippen MR) is 38.0 cm³/mol. The number of hydrogen-bond donors (Lipinski definition) is 1. The first-order chi connectivity index (χ1) is 4.20. The van der Waals surface area contributed by atoms with Crippen molar-refractivity contribution in [1.29, 1.82) is 0 Å². The van der Waals surface area contributed by atoms with Gasteiger partial charge in [0.25, 0.3) is 0 Å². The van der Waals surface area contributed by atoms with Crippen molar-refractivity contribution in [3.05, 3.63) is 17.2 Å². The quantitative estimate of drug-likeness (QED) is 0.669. The van der Waals surface area contributed by atoms with E-state index in [0.717, 1.165) is 0 Å². The van der Waals surface area contributed by atoms with Crippen LogP contribution in [0, 0.1) is 0 Å². The number of alkyl halides is 2. The van der Waals surface area contributed by atoms with Crippen molar-refractivity contribution in [2.45, 2.75) is 4.84 Å². The zero-order valence-electron chi connectivity index (χ0n) is 4.24. The maximum absolute atomic E-state index is 5.47. The van der Waals surface area contributed by atoms with Crippen molar-refractivity contribution in [1.82, 2.24) is 9.97 Å². The molecule has 0 unspecified atom stereocenters. The summed E-state index contributed by atoms with van der Waals surface area (Å²) in [5.41, 5.74) is 0. The summed E-state index contributed by atoms with van der Waals surface area (Å²) in [4.78, 5) is 5.80. The molecule has 2 nitrogen and oxygen atoms in total. The average Bonchev–Trinajstić information content (AvgIpc) is 2.14. The molecule has 0 aliphatic rings. The Bertz CT molecular complexity index is 195. The first kappa shape index (κ1) is 7.19. The third-order valence-corrected chi connectivity index (χ3v) is 1.38. The molecular formula is C4H3Cl3N2. The van der Waals surface area contributed by atoms with Gasteiger partial charge in [-0.25, -0.2) is 4.98 Å². The minimum atomic E-state index is -0.627. The molecule has 0 saturated carbocycles. The zero-order chi connectivity index (χ0) is 6.85. The van der Waals surface area contributed by atoms with Crippen LogP contribution in [0.5, 0.6) is 0 Å². The molecule has 0 saturated heterocycles. The summed E-state index contributed by atoms with van der Waals surface area (Å²) in [6.45, 7) is 0. The summed E-state index contributed by atoms with van der Waals surface area (Å²) in [7, 11) is 0. The molecule has 1 N–H and O–H groups in total. The Morgan fingerprint density at radius 2 is 2.22 bits per heavy atom. The van der Waals surface area contributed by atoms with Crippen molar-refractivity contribution in [2.24, 2.45) is 0 Å². The van der Waals surface area contributed by atoms with Crippen molar-refractivity contribution >= 4 is 34.8 Å². The Balaban J connectivity index is 2.85. The molecule has 5 heteroatoms. The van der Waals surface area contributed by atoms with Gasteiger partial charge < -0.3 is 4.98 Å². The van der Waals surface area contributed by atoms with E-state index in [2.05, 4.69) is 9.97 Å². The second kappa shape index (κ2) is 2.78. The molecule has 0 atom stereocenters. The molecule has 1 aromatic rings. The number of aromatic amines is 1. The Labute approximate surface area is 67.1 Å². The monoisotopic (exact) mass is 184 g/mol. The van der Waals surface area contributed by atoms with E-state index in [-0.39, 0.29) is 0 Å². The van der Waals surface area contributed by atoms with Gasteiger partial charge in [-0.1, -0.05) is 34.8 Å². The lowest BCUT2D eigenvalue weighted by Gasteiger charge is -1.90. The highest BCUT2D eigenvalue weighted by Crippen LogP contribution is 2.21. The minimum Gasteiger partial charge on any atom is -0.331 e. The number of imidazole rings is 1. The number of halogens is 3. The van der Waals surface area contributed by atoms with Crippen LogP contribution in [0.2, 0.25) is 5.15 Å². The van der Waals surface area contributed by atoms with Crippen molar-refractivity contribution in [3.63, 3.8) is 0 Å². The molecule has 0 spiro atoms. The van der Waals surface area contributed by atoms with Crippen molar-refractivity contribution in [2.75, 3.05) is 0 Å². The van der Waals surface area contributed by atoms with Gasteiger partial charge in [0.05, 0.1) is 6.20 Å². The van der Waals surface area contributed by atoms with Gasteiger partial charge in [0.2, 0.25) is 0 Å². The lowest BCUT2D eigenvalue weighted by molar-refractivity contribution is 1.09. The van der Waals surface area contributed by atoms with E-state index in [1.54, 1.807) is 0 Å². The molecule has 0 bridgehead atoms. The number of nitrogens with one attached hydrogen (secondary N) is 1. The van der Waals surface area contributed by atoms with E-state index in [0.29, 0.717) is 11.0 Å². The largest absolute Gasteiger partial charge is 0.331 e. The van der Waals surface area contributed by atoms with Crippen LogP contribution in [-0.2, 0) is 0 Å². The SMILES string of the molecule is Clc1cnc(C(Cl)Cl)[nH]1. The number of nitrogens with zero attached hydrogens (tertiary/aromatic N) is 1. The van der Waals surface area contributed by atoms with E-state index >= 15 is 0 Å². The highest BCUT2D eigenvalue weighted by molar-refractivity contribution is 6.43. The maximum atomic E-state index is 5.47. The number of aromatic nitrogens is 2. The second-order valence-corrected chi connectivity index (χ2v) is 2.92. The molecule has 0 aliphatic heterocycles. The summed E-state index contributed by atoms with van der Waals surface area (Å²) < 4.78 is 0. The van der Waals surface area contributed by atoms with Gasteiger partial charge in [-0.2, -0.15) is 0 Å². The van der Waals surface area contributed by atoms with E-state index in [4.69, 9.17) is 34.8 Å². The summed E-state index contributed by atoms with van der Waals surface area (Å²) in [6, 6.07) is 0. The first-order valence-corrected chi connectivity index (χ1v) is 3.44. The average molecular weight is 185 g/mol. The number of hydrogen-bond acceptors (Lipinski definition) is 1. The number of rotatable bonds is 1. The fourth-order valence-corrected chi connectivity index (χ4v) is 0.791. The Hall–Kier alpha value is 0.0800. The van der Waals surface area contributed by atoms with Crippen LogP contribution in [0.25, 0.3) is 0 Å². The van der Waals surface area contributed by atoms with Crippen molar-refractivity contribution in [3.8, 4) is 0 Å². The lowest BCUT2D eigenvalue weighted by Crippen LogP contribution is -1.82. The van der Waals surface area contributed by atoms with Gasteiger partial charge in [-0.15, -0.1) is 0 Å². The molecule has 0 radical (unpaired) electrons. The van der Waals surface area contributed by atoms with Crippen LogP contribution in [0.1, 0.15) is 10.7 Å². The molecule has 1 aromatic heterocycles. The van der Waals surface area contributed by atoms with Gasteiger partial charge in [-0.3, -0.25) is 0 Å². The van der Waals surface area contributed by atoms with Gasteiger partial charge in [-0.05, 0) is 0 Å². The summed E-state index contributed by atoms with van der Waals surface area (Å²) in [5, 5.41) is 0.441. The van der Waals surface area contributed by atoms with Crippen LogP contribution in [0.15, 0.2) is 6.20 Å². The third-order valence-electron chi connectivity index (χ3n) is 0.771. The van der Waals surface area contributed by atoms with Gasteiger partial charge in [0, 0.05) is 0 Å². The molecule has 1 rings (SSSR count). The zero-order valence-corrected chi connectivity index (χ0v) is 6.50. The molecular weight excluding hydrogens is 182 g/mol. The van der Waals surface area contributed by atoms with Crippen LogP contribution >= 0.6 is 34.8 Å². The van der Waals surface area contributed by atoms with E-state index in [1.807, 2.05) is 0 Å². The maximum Gasteiger partial charge on any atom is 0.165 e. The van der Waals surface area contributed by atoms with Crippen LogP contribution in [-0.4, -0.2) is 9.97 Å². The highest BCUT2D eigenvalue weighted by Gasteiger charge is 2.05. The number of H-pyrrole nitrogens is 1. The van der Waals surface area contributed by atoms with E-state index < -0.39 is 4.84 Å². The smallest absolute Gasteiger partial charge is 0.165 e. The lowest BCUT2D eigenvalue weighted by atomic mass is 10.7. The molecule has 0 amide bonds. The topological polar surface area (TPSA) is 28.7 Å². The molecule has 0 fully saturated rings. The first-order valence-electron chi connectivity index (χ1n) is 2.18. The highest BCUT2D eigenvalue weighted by atomic mass is 35.5. The van der Waals surface area contributed by atoms with Crippen LogP contribution < -0.4 is 0 Å². The van der Waals surface area contributed by atoms with Gasteiger partial charge in [0.15, 0.2) is 4.84 Å². The normalized spacial score (nSPS) is 10.7. The predicted octanol–water partition coefficient (Wildman–Crippen LogP) is 2.54. The third kappa shape index (κ3) is 1.75. The molecule has 0 aromatic carbocycles. The fourth-order valence-electron chi connectivity index (χ4n) is 0.424. The van der Waals surface area contributed by atoms with Gasteiger partial charge in [0.1, 0.15) is 11.0 Å². The van der Waals surface area contributed by atoms with Crippen molar-refractivity contribution < 1.29 is 0 Å². The summed E-state index contributed by atoms with van der Waals surface area (Å²) >= 11 is 16.3. The van der Waals surface area contributed by atoms with Crippen LogP contribution in [0.3, 0.4) is 0 Å². The van der Waals surface area contributed by atoms with Crippen LogP contribution in [0.4, 0.5) is 0 Å². The standard InChI is InChI=1S/C4H3Cl3N2/c5-2-1-8-4(9-2)3(6)7/h1,3H,(H,8,9).